The number of hydrogen-bond donors (Lipinski definition) is 1. The van der Waals surface area contributed by atoms with Gasteiger partial charge < -0.3 is 24.3 Å². The summed E-state index contributed by atoms with van der Waals surface area (Å²) in [4.78, 5) is 13.8. The van der Waals surface area contributed by atoms with Gasteiger partial charge in [-0.25, -0.2) is 9.97 Å². The molecule has 0 radical (unpaired) electrons. The summed E-state index contributed by atoms with van der Waals surface area (Å²) < 4.78 is 52.2. The molecule has 3 heterocycles. The van der Waals surface area contributed by atoms with E-state index >= 15 is 0 Å². The Hall–Kier alpha value is -3.50. The van der Waals surface area contributed by atoms with Gasteiger partial charge in [0.05, 0.1) is 31.0 Å². The van der Waals surface area contributed by atoms with Crippen LogP contribution >= 0.6 is 0 Å². The van der Waals surface area contributed by atoms with Crippen LogP contribution < -0.4 is 19.7 Å². The Kier molecular flexibility index (Phi) is 5.34. The van der Waals surface area contributed by atoms with Gasteiger partial charge in [0, 0.05) is 25.0 Å². The number of rotatable bonds is 5. The van der Waals surface area contributed by atoms with Gasteiger partial charge in [0.15, 0.2) is 17.6 Å². The van der Waals surface area contributed by atoms with Crippen LogP contribution in [-0.4, -0.2) is 52.5 Å². The number of benzene rings is 1. The smallest absolute Gasteiger partial charge is 0.412 e. The SMILES string of the molecule is CCc1cn(-c2ccc(Nc3ncc4c(n3)N(C)C(C(F)(F)F)CO4)cc2OC)cn1. The number of halogens is 3. The van der Waals surface area contributed by atoms with E-state index in [1.807, 2.05) is 23.8 Å². The summed E-state index contributed by atoms with van der Waals surface area (Å²) in [5, 5.41) is 3.01. The Balaban J connectivity index is 1.59. The lowest BCUT2D eigenvalue weighted by atomic mass is 10.2. The first-order valence-electron chi connectivity index (χ1n) is 9.57. The first-order chi connectivity index (χ1) is 14.8. The number of nitrogens with one attached hydrogen (secondary N) is 1. The number of anilines is 3. The van der Waals surface area contributed by atoms with Crippen LogP contribution in [-0.2, 0) is 6.42 Å². The van der Waals surface area contributed by atoms with E-state index in [2.05, 4.69) is 20.3 Å². The maximum atomic E-state index is 13.2. The summed E-state index contributed by atoms with van der Waals surface area (Å²) in [6, 6.07) is 3.62. The third-order valence-electron chi connectivity index (χ3n) is 5.02. The molecule has 4 rings (SSSR count). The molecule has 0 bridgehead atoms. The second-order valence-electron chi connectivity index (χ2n) is 7.00. The molecule has 0 fully saturated rings. The van der Waals surface area contributed by atoms with Gasteiger partial charge in [0.25, 0.3) is 0 Å². The minimum atomic E-state index is -4.43. The van der Waals surface area contributed by atoms with Gasteiger partial charge in [0.1, 0.15) is 12.4 Å². The fourth-order valence-corrected chi connectivity index (χ4v) is 3.29. The van der Waals surface area contributed by atoms with Crippen molar-refractivity contribution in [1.82, 2.24) is 19.5 Å². The molecule has 1 aliphatic heterocycles. The number of aromatic nitrogens is 4. The van der Waals surface area contributed by atoms with E-state index in [1.54, 1.807) is 25.6 Å². The molecule has 8 nitrogen and oxygen atoms in total. The lowest BCUT2D eigenvalue weighted by Crippen LogP contribution is -2.50. The molecule has 0 saturated heterocycles. The molecule has 2 aromatic heterocycles. The minimum Gasteiger partial charge on any atom is -0.494 e. The second-order valence-corrected chi connectivity index (χ2v) is 7.00. The Morgan fingerprint density at radius 3 is 2.77 bits per heavy atom. The number of nitrogens with zero attached hydrogens (tertiary/aromatic N) is 5. The number of imidazole rings is 1. The monoisotopic (exact) mass is 434 g/mol. The average Bonchev–Trinajstić information content (AvgIpc) is 3.22. The first-order valence-corrected chi connectivity index (χ1v) is 9.57. The van der Waals surface area contributed by atoms with Gasteiger partial charge >= 0.3 is 6.18 Å². The molecule has 0 aliphatic carbocycles. The molecule has 0 spiro atoms. The molecule has 0 amide bonds. The highest BCUT2D eigenvalue weighted by molar-refractivity contribution is 5.64. The van der Waals surface area contributed by atoms with Gasteiger partial charge in [0.2, 0.25) is 5.95 Å². The standard InChI is InChI=1S/C20H21F3N6O2/c1-4-12-9-29(11-25-12)14-6-5-13(7-15(14)30-3)26-19-24-8-16-18(27-19)28(2)17(10-31-16)20(21,22)23/h5-9,11,17H,4,10H2,1-3H3,(H,24,26,27). The topological polar surface area (TPSA) is 77.3 Å². The number of alkyl halides is 3. The second kappa shape index (κ2) is 7.97. The zero-order chi connectivity index (χ0) is 22.2. The number of hydrogen-bond acceptors (Lipinski definition) is 7. The average molecular weight is 434 g/mol. The van der Waals surface area contributed by atoms with E-state index in [4.69, 9.17) is 9.47 Å². The van der Waals surface area contributed by atoms with Crippen molar-refractivity contribution in [2.75, 3.05) is 31.0 Å². The maximum Gasteiger partial charge on any atom is 0.412 e. The third kappa shape index (κ3) is 4.07. The molecular weight excluding hydrogens is 413 g/mol. The van der Waals surface area contributed by atoms with Crippen molar-refractivity contribution >= 4 is 17.5 Å². The van der Waals surface area contributed by atoms with Crippen LogP contribution in [0.1, 0.15) is 12.6 Å². The van der Waals surface area contributed by atoms with Crippen LogP contribution in [0.15, 0.2) is 36.9 Å². The Morgan fingerprint density at radius 2 is 2.10 bits per heavy atom. The van der Waals surface area contributed by atoms with Crippen LogP contribution in [0.5, 0.6) is 11.5 Å². The highest BCUT2D eigenvalue weighted by Crippen LogP contribution is 2.37. The first kappa shape index (κ1) is 20.8. The van der Waals surface area contributed by atoms with E-state index in [0.717, 1.165) is 22.7 Å². The normalized spacial score (nSPS) is 15.9. The van der Waals surface area contributed by atoms with Crippen LogP contribution in [0, 0.1) is 0 Å². The number of methoxy groups -OCH3 is 1. The van der Waals surface area contributed by atoms with Crippen molar-refractivity contribution in [1.29, 1.82) is 0 Å². The van der Waals surface area contributed by atoms with E-state index in [-0.39, 0.29) is 17.5 Å². The molecule has 11 heteroatoms. The minimum absolute atomic E-state index is 0.0696. The predicted molar refractivity (Wildman–Crippen MR) is 109 cm³/mol. The Morgan fingerprint density at radius 1 is 1.29 bits per heavy atom. The highest BCUT2D eigenvalue weighted by Gasteiger charge is 2.46. The lowest BCUT2D eigenvalue weighted by molar-refractivity contribution is -0.155. The number of likely N-dealkylation sites (N-methyl/N-ethyl adjacent to an activating group) is 1. The molecule has 1 unspecified atom stereocenters. The van der Waals surface area contributed by atoms with Crippen molar-refractivity contribution in [3.8, 4) is 17.2 Å². The van der Waals surface area contributed by atoms with E-state index in [9.17, 15) is 13.2 Å². The predicted octanol–water partition coefficient (Wildman–Crippen LogP) is 3.74. The zero-order valence-electron chi connectivity index (χ0n) is 17.1. The van der Waals surface area contributed by atoms with Gasteiger partial charge in [-0.05, 0) is 18.6 Å². The number of aryl methyl sites for hydroxylation is 1. The van der Waals surface area contributed by atoms with Crippen molar-refractivity contribution in [2.45, 2.75) is 25.6 Å². The molecule has 1 N–H and O–H groups in total. The van der Waals surface area contributed by atoms with Crippen LogP contribution in [0.4, 0.5) is 30.6 Å². The summed E-state index contributed by atoms with van der Waals surface area (Å²) in [7, 11) is 2.89. The van der Waals surface area contributed by atoms with Crippen molar-refractivity contribution in [2.24, 2.45) is 0 Å². The van der Waals surface area contributed by atoms with Gasteiger partial charge in [-0.15, -0.1) is 0 Å². The Bertz CT molecular complexity index is 1090. The fourth-order valence-electron chi connectivity index (χ4n) is 3.29. The fraction of sp³-hybridized carbons (Fsp3) is 0.350. The van der Waals surface area contributed by atoms with Crippen LogP contribution in [0.3, 0.4) is 0 Å². The molecule has 1 aromatic carbocycles. The molecule has 3 aromatic rings. The number of fused-ring (bicyclic) bond motifs is 1. The molecule has 1 atom stereocenters. The maximum absolute atomic E-state index is 13.2. The van der Waals surface area contributed by atoms with Crippen molar-refractivity contribution in [3.05, 3.63) is 42.6 Å². The largest absolute Gasteiger partial charge is 0.494 e. The zero-order valence-corrected chi connectivity index (χ0v) is 17.1. The quantitative estimate of drug-likeness (QED) is 0.656. The van der Waals surface area contributed by atoms with Gasteiger partial charge in [-0.1, -0.05) is 6.92 Å². The van der Waals surface area contributed by atoms with Gasteiger partial charge in [-0.3, -0.25) is 0 Å². The molecule has 164 valence electrons. The number of ether oxygens (including phenoxy) is 2. The molecule has 31 heavy (non-hydrogen) atoms. The molecule has 1 aliphatic rings. The third-order valence-corrected chi connectivity index (χ3v) is 5.02. The van der Waals surface area contributed by atoms with E-state index in [1.165, 1.54) is 13.2 Å². The molecular formula is C20H21F3N6O2. The Labute approximate surface area is 176 Å². The van der Waals surface area contributed by atoms with E-state index in [0.29, 0.717) is 11.4 Å². The van der Waals surface area contributed by atoms with Crippen LogP contribution in [0.25, 0.3) is 5.69 Å². The highest BCUT2D eigenvalue weighted by atomic mass is 19.4. The molecule has 0 saturated carbocycles. The van der Waals surface area contributed by atoms with Crippen molar-refractivity contribution < 1.29 is 22.6 Å². The lowest BCUT2D eigenvalue weighted by Gasteiger charge is -2.35. The van der Waals surface area contributed by atoms with Crippen molar-refractivity contribution in [3.63, 3.8) is 0 Å². The van der Waals surface area contributed by atoms with Gasteiger partial charge in [-0.2, -0.15) is 18.2 Å². The summed E-state index contributed by atoms with van der Waals surface area (Å²) in [6.45, 7) is 1.52. The summed E-state index contributed by atoms with van der Waals surface area (Å²) in [5.41, 5.74) is 2.37. The summed E-state index contributed by atoms with van der Waals surface area (Å²) in [5.74, 6) is 0.997. The summed E-state index contributed by atoms with van der Waals surface area (Å²) in [6.07, 6.45) is 1.38. The van der Waals surface area contributed by atoms with Crippen LogP contribution in [0.2, 0.25) is 0 Å². The van der Waals surface area contributed by atoms with E-state index < -0.39 is 18.8 Å². The summed E-state index contributed by atoms with van der Waals surface area (Å²) >= 11 is 0.